The molecule has 0 saturated carbocycles. The van der Waals surface area contributed by atoms with E-state index in [0.717, 1.165) is 10.2 Å². The molecular weight excluding hydrogens is 248 g/mol. The number of nitrogens with one attached hydrogen (secondary N) is 1. The van der Waals surface area contributed by atoms with Crippen molar-refractivity contribution in [2.45, 2.75) is 13.5 Å². The van der Waals surface area contributed by atoms with Crippen LogP contribution in [0.5, 0.6) is 0 Å². The van der Waals surface area contributed by atoms with Gasteiger partial charge in [-0.15, -0.1) is 5.10 Å². The van der Waals surface area contributed by atoms with Gasteiger partial charge in [-0.1, -0.05) is 23.4 Å². The average Bonchev–Trinajstić information content (AvgIpc) is 2.79. The monoisotopic (exact) mass is 260 g/mol. The van der Waals surface area contributed by atoms with Crippen LogP contribution >= 0.6 is 0 Å². The van der Waals surface area contributed by atoms with Gasteiger partial charge in [-0.2, -0.15) is 0 Å². The van der Waals surface area contributed by atoms with Gasteiger partial charge >= 0.3 is 5.97 Å². The minimum atomic E-state index is -1.05. The molecule has 1 heterocycles. The van der Waals surface area contributed by atoms with Crippen LogP contribution in [-0.2, 0) is 11.3 Å². The second-order valence-electron chi connectivity index (χ2n) is 3.96. The van der Waals surface area contributed by atoms with Gasteiger partial charge < -0.3 is 10.4 Å². The summed E-state index contributed by atoms with van der Waals surface area (Å²) in [6.07, 6.45) is 1.29. The summed E-state index contributed by atoms with van der Waals surface area (Å²) >= 11 is 0. The van der Waals surface area contributed by atoms with Gasteiger partial charge in [0.05, 0.1) is 6.20 Å². The summed E-state index contributed by atoms with van der Waals surface area (Å²) < 4.78 is 1.09. The van der Waals surface area contributed by atoms with Crippen molar-refractivity contribution in [1.29, 1.82) is 0 Å². The molecule has 1 aromatic heterocycles. The van der Waals surface area contributed by atoms with E-state index in [4.69, 9.17) is 5.11 Å². The van der Waals surface area contributed by atoms with Crippen molar-refractivity contribution in [2.75, 3.05) is 5.32 Å². The zero-order chi connectivity index (χ0) is 13.8. The highest BCUT2D eigenvalue weighted by Crippen LogP contribution is 2.13. The number of anilines is 1. The number of para-hydroxylation sites is 1. The van der Waals surface area contributed by atoms with E-state index >= 15 is 0 Å². The van der Waals surface area contributed by atoms with E-state index in [1.807, 2.05) is 25.1 Å². The molecule has 1 amide bonds. The molecular formula is C12H12N4O3. The predicted octanol–water partition coefficient (Wildman–Crippen LogP) is 0.923. The number of hydrogen-bond acceptors (Lipinski definition) is 4. The Balaban J connectivity index is 2.10. The molecule has 0 unspecified atom stereocenters. The number of amides is 1. The van der Waals surface area contributed by atoms with Crippen molar-refractivity contribution >= 4 is 17.6 Å². The second-order valence-corrected chi connectivity index (χ2v) is 3.96. The summed E-state index contributed by atoms with van der Waals surface area (Å²) in [6.45, 7) is 1.54. The Morgan fingerprint density at radius 1 is 1.37 bits per heavy atom. The standard InChI is InChI=1S/C12H12N4O3/c1-8-4-2-3-5-9(8)13-12(19)10-6-16(15-14-10)7-11(17)18/h2-6H,7H2,1H3,(H,13,19)(H,17,18). The summed E-state index contributed by atoms with van der Waals surface area (Å²) in [7, 11) is 0. The fourth-order valence-corrected chi connectivity index (χ4v) is 1.52. The number of hydrogen-bond donors (Lipinski definition) is 2. The number of aliphatic carboxylic acids is 1. The van der Waals surface area contributed by atoms with Crippen molar-refractivity contribution in [2.24, 2.45) is 0 Å². The molecule has 2 aromatic rings. The lowest BCUT2D eigenvalue weighted by Crippen LogP contribution is -2.13. The Kier molecular flexibility index (Phi) is 3.56. The van der Waals surface area contributed by atoms with E-state index in [1.54, 1.807) is 6.07 Å². The number of carbonyl (C=O) groups is 2. The molecule has 2 N–H and O–H groups in total. The highest BCUT2D eigenvalue weighted by atomic mass is 16.4. The normalized spacial score (nSPS) is 10.2. The Labute approximate surface area is 108 Å². The van der Waals surface area contributed by atoms with Crippen molar-refractivity contribution in [1.82, 2.24) is 15.0 Å². The number of rotatable bonds is 4. The Hall–Kier alpha value is -2.70. The van der Waals surface area contributed by atoms with Crippen LogP contribution in [-0.4, -0.2) is 32.0 Å². The van der Waals surface area contributed by atoms with Crippen LogP contribution in [0.2, 0.25) is 0 Å². The molecule has 0 atom stereocenters. The third-order valence-electron chi connectivity index (χ3n) is 2.46. The van der Waals surface area contributed by atoms with Crippen LogP contribution in [0.25, 0.3) is 0 Å². The zero-order valence-corrected chi connectivity index (χ0v) is 10.2. The van der Waals surface area contributed by atoms with E-state index in [0.29, 0.717) is 5.69 Å². The Morgan fingerprint density at radius 2 is 2.11 bits per heavy atom. The number of carbonyl (C=O) groups excluding carboxylic acids is 1. The first-order chi connectivity index (χ1) is 9.06. The molecule has 98 valence electrons. The van der Waals surface area contributed by atoms with Crippen LogP contribution < -0.4 is 5.32 Å². The lowest BCUT2D eigenvalue weighted by Gasteiger charge is -2.05. The first-order valence-corrected chi connectivity index (χ1v) is 5.55. The maximum Gasteiger partial charge on any atom is 0.325 e. The molecule has 0 aliphatic heterocycles. The number of benzene rings is 1. The summed E-state index contributed by atoms with van der Waals surface area (Å²) in [4.78, 5) is 22.4. The second kappa shape index (κ2) is 5.30. The molecule has 7 nitrogen and oxygen atoms in total. The van der Waals surface area contributed by atoms with Gasteiger partial charge in [-0.05, 0) is 18.6 Å². The van der Waals surface area contributed by atoms with Crippen molar-refractivity contribution < 1.29 is 14.7 Å². The van der Waals surface area contributed by atoms with Gasteiger partial charge in [0.1, 0.15) is 6.54 Å². The number of aryl methyl sites for hydroxylation is 1. The number of carboxylic acids is 1. The van der Waals surface area contributed by atoms with Crippen LogP contribution in [0.1, 0.15) is 16.1 Å². The van der Waals surface area contributed by atoms with Gasteiger partial charge in [0, 0.05) is 5.69 Å². The van der Waals surface area contributed by atoms with E-state index in [-0.39, 0.29) is 12.2 Å². The molecule has 0 radical (unpaired) electrons. The zero-order valence-electron chi connectivity index (χ0n) is 10.2. The number of nitrogens with zero attached hydrogens (tertiary/aromatic N) is 3. The van der Waals surface area contributed by atoms with E-state index in [1.165, 1.54) is 6.20 Å². The molecule has 0 aliphatic carbocycles. The molecule has 0 fully saturated rings. The van der Waals surface area contributed by atoms with Crippen molar-refractivity contribution in [3.8, 4) is 0 Å². The van der Waals surface area contributed by atoms with E-state index in [2.05, 4.69) is 15.6 Å². The third-order valence-corrected chi connectivity index (χ3v) is 2.46. The van der Waals surface area contributed by atoms with Gasteiger partial charge in [0.2, 0.25) is 0 Å². The fourth-order valence-electron chi connectivity index (χ4n) is 1.52. The van der Waals surface area contributed by atoms with E-state index in [9.17, 15) is 9.59 Å². The molecule has 2 rings (SSSR count). The number of aromatic nitrogens is 3. The first-order valence-electron chi connectivity index (χ1n) is 5.55. The van der Waals surface area contributed by atoms with Crippen LogP contribution in [0.15, 0.2) is 30.5 Å². The van der Waals surface area contributed by atoms with Crippen LogP contribution in [0, 0.1) is 6.92 Å². The first kappa shape index (κ1) is 12.7. The SMILES string of the molecule is Cc1ccccc1NC(=O)c1cn(CC(=O)O)nn1. The smallest absolute Gasteiger partial charge is 0.325 e. The quantitative estimate of drug-likeness (QED) is 0.852. The molecule has 0 bridgehead atoms. The maximum absolute atomic E-state index is 11.9. The summed E-state index contributed by atoms with van der Waals surface area (Å²) in [6, 6.07) is 7.32. The third kappa shape index (κ3) is 3.15. The van der Waals surface area contributed by atoms with Crippen LogP contribution in [0.4, 0.5) is 5.69 Å². The highest BCUT2D eigenvalue weighted by molar-refractivity contribution is 6.03. The van der Waals surface area contributed by atoms with Crippen molar-refractivity contribution in [3.63, 3.8) is 0 Å². The Morgan fingerprint density at radius 3 is 2.79 bits per heavy atom. The minimum Gasteiger partial charge on any atom is -0.480 e. The fraction of sp³-hybridized carbons (Fsp3) is 0.167. The topological polar surface area (TPSA) is 97.1 Å². The van der Waals surface area contributed by atoms with Crippen LogP contribution in [0.3, 0.4) is 0 Å². The highest BCUT2D eigenvalue weighted by Gasteiger charge is 2.12. The lowest BCUT2D eigenvalue weighted by molar-refractivity contribution is -0.137. The summed E-state index contributed by atoms with van der Waals surface area (Å²) in [5, 5.41) is 18.5. The maximum atomic E-state index is 11.9. The van der Waals surface area contributed by atoms with Gasteiger partial charge in [-0.3, -0.25) is 9.59 Å². The molecule has 19 heavy (non-hydrogen) atoms. The number of carboxylic acid groups (broad SMARTS) is 1. The lowest BCUT2D eigenvalue weighted by atomic mass is 10.2. The van der Waals surface area contributed by atoms with Gasteiger partial charge in [0.15, 0.2) is 5.69 Å². The van der Waals surface area contributed by atoms with Crippen molar-refractivity contribution in [3.05, 3.63) is 41.7 Å². The Bertz CT molecular complexity index is 621. The summed E-state index contributed by atoms with van der Waals surface area (Å²) in [5.74, 6) is -1.47. The summed E-state index contributed by atoms with van der Waals surface area (Å²) in [5.41, 5.74) is 1.68. The van der Waals surface area contributed by atoms with E-state index < -0.39 is 11.9 Å². The molecule has 7 heteroatoms. The predicted molar refractivity (Wildman–Crippen MR) is 66.8 cm³/mol. The molecule has 0 spiro atoms. The largest absolute Gasteiger partial charge is 0.480 e. The average molecular weight is 260 g/mol. The molecule has 1 aromatic carbocycles. The molecule has 0 saturated heterocycles. The minimum absolute atomic E-state index is 0.0736. The molecule has 0 aliphatic rings. The van der Waals surface area contributed by atoms with Gasteiger partial charge in [0.25, 0.3) is 5.91 Å². The van der Waals surface area contributed by atoms with Gasteiger partial charge in [-0.25, -0.2) is 4.68 Å².